The second-order valence-corrected chi connectivity index (χ2v) is 6.58. The molecule has 132 valence electrons. The van der Waals surface area contributed by atoms with Crippen LogP contribution in [0.25, 0.3) is 10.1 Å². The van der Waals surface area contributed by atoms with Gasteiger partial charge in [0.2, 0.25) is 6.79 Å². The van der Waals surface area contributed by atoms with Crippen LogP contribution in [0.15, 0.2) is 47.8 Å². The Bertz CT molecular complexity index is 981. The SMILES string of the molecule is O=C(CNC(=O)c1ccc2c(c1)OCO2)OCc1csc2ccccc12. The third-order valence-electron chi connectivity index (χ3n) is 3.98. The van der Waals surface area contributed by atoms with Crippen LogP contribution >= 0.6 is 11.3 Å². The van der Waals surface area contributed by atoms with E-state index in [1.54, 1.807) is 29.5 Å². The molecule has 3 aromatic rings. The number of benzene rings is 2. The van der Waals surface area contributed by atoms with Crippen molar-refractivity contribution >= 4 is 33.3 Å². The summed E-state index contributed by atoms with van der Waals surface area (Å²) in [5.41, 5.74) is 1.35. The van der Waals surface area contributed by atoms with Crippen LogP contribution in [0.2, 0.25) is 0 Å². The summed E-state index contributed by atoms with van der Waals surface area (Å²) in [5.74, 6) is 0.254. The molecule has 4 rings (SSSR count). The molecule has 2 heterocycles. The molecule has 1 N–H and O–H groups in total. The fraction of sp³-hybridized carbons (Fsp3) is 0.158. The van der Waals surface area contributed by atoms with E-state index in [0.717, 1.165) is 15.6 Å². The Morgan fingerprint density at radius 3 is 2.88 bits per heavy atom. The van der Waals surface area contributed by atoms with Crippen molar-refractivity contribution in [3.8, 4) is 11.5 Å². The third-order valence-corrected chi connectivity index (χ3v) is 4.99. The zero-order chi connectivity index (χ0) is 17.9. The summed E-state index contributed by atoms with van der Waals surface area (Å²) in [6.45, 7) is 0.127. The van der Waals surface area contributed by atoms with Crippen molar-refractivity contribution < 1.29 is 23.8 Å². The molecule has 0 atom stereocenters. The Balaban J connectivity index is 1.30. The van der Waals surface area contributed by atoms with Gasteiger partial charge in [-0.25, -0.2) is 0 Å². The van der Waals surface area contributed by atoms with E-state index in [2.05, 4.69) is 5.32 Å². The van der Waals surface area contributed by atoms with Crippen molar-refractivity contribution in [2.45, 2.75) is 6.61 Å². The second-order valence-electron chi connectivity index (χ2n) is 5.67. The highest BCUT2D eigenvalue weighted by Gasteiger charge is 2.17. The molecule has 0 fully saturated rings. The molecular weight excluding hydrogens is 354 g/mol. The molecule has 0 aliphatic carbocycles. The molecule has 1 aromatic heterocycles. The number of amides is 1. The van der Waals surface area contributed by atoms with Crippen LogP contribution in [0.1, 0.15) is 15.9 Å². The van der Waals surface area contributed by atoms with Gasteiger partial charge in [-0.1, -0.05) is 18.2 Å². The molecule has 0 radical (unpaired) electrons. The van der Waals surface area contributed by atoms with E-state index in [9.17, 15) is 9.59 Å². The molecule has 1 aliphatic heterocycles. The number of fused-ring (bicyclic) bond motifs is 2. The zero-order valence-electron chi connectivity index (χ0n) is 13.7. The van der Waals surface area contributed by atoms with Gasteiger partial charge in [0.1, 0.15) is 13.2 Å². The van der Waals surface area contributed by atoms with Gasteiger partial charge in [-0.05, 0) is 35.0 Å². The highest BCUT2D eigenvalue weighted by Crippen LogP contribution is 2.32. The maximum atomic E-state index is 12.1. The van der Waals surface area contributed by atoms with Gasteiger partial charge in [0.25, 0.3) is 5.91 Å². The summed E-state index contributed by atoms with van der Waals surface area (Å²) in [6.07, 6.45) is 0. The molecule has 0 spiro atoms. The molecule has 1 amide bonds. The normalized spacial score (nSPS) is 12.2. The molecular formula is C19H15NO5S. The van der Waals surface area contributed by atoms with Crippen LogP contribution in [0.5, 0.6) is 11.5 Å². The first-order valence-corrected chi connectivity index (χ1v) is 8.87. The van der Waals surface area contributed by atoms with Crippen LogP contribution in [0.3, 0.4) is 0 Å². The number of thiophene rings is 1. The van der Waals surface area contributed by atoms with Gasteiger partial charge in [0.15, 0.2) is 11.5 Å². The van der Waals surface area contributed by atoms with Gasteiger partial charge in [0, 0.05) is 15.8 Å². The minimum absolute atomic E-state index is 0.143. The van der Waals surface area contributed by atoms with Crippen LogP contribution in [-0.2, 0) is 16.1 Å². The Hall–Kier alpha value is -3.06. The zero-order valence-corrected chi connectivity index (χ0v) is 14.5. The van der Waals surface area contributed by atoms with Crippen molar-refractivity contribution in [3.63, 3.8) is 0 Å². The van der Waals surface area contributed by atoms with Crippen molar-refractivity contribution in [3.05, 3.63) is 59.0 Å². The predicted molar refractivity (Wildman–Crippen MR) is 96.5 cm³/mol. The molecule has 1 aliphatic rings. The maximum absolute atomic E-state index is 12.1. The number of ether oxygens (including phenoxy) is 3. The van der Waals surface area contributed by atoms with Crippen molar-refractivity contribution in [2.75, 3.05) is 13.3 Å². The van der Waals surface area contributed by atoms with Crippen LogP contribution in [-0.4, -0.2) is 25.2 Å². The van der Waals surface area contributed by atoms with Gasteiger partial charge in [-0.15, -0.1) is 11.3 Å². The lowest BCUT2D eigenvalue weighted by molar-refractivity contribution is -0.143. The summed E-state index contributed by atoms with van der Waals surface area (Å²) < 4.78 is 16.9. The van der Waals surface area contributed by atoms with Crippen LogP contribution < -0.4 is 14.8 Å². The smallest absolute Gasteiger partial charge is 0.325 e. The molecule has 7 heteroatoms. The predicted octanol–water partition coefficient (Wildman–Crippen LogP) is 3.10. The average Bonchev–Trinajstić information content (AvgIpc) is 3.30. The molecule has 0 saturated carbocycles. The lowest BCUT2D eigenvalue weighted by atomic mass is 10.2. The summed E-state index contributed by atoms with van der Waals surface area (Å²) in [6, 6.07) is 12.8. The highest BCUT2D eigenvalue weighted by atomic mass is 32.1. The summed E-state index contributed by atoms with van der Waals surface area (Å²) in [5, 5.41) is 5.60. The first-order chi connectivity index (χ1) is 12.7. The number of hydrogen-bond acceptors (Lipinski definition) is 6. The van der Waals surface area contributed by atoms with E-state index in [0.29, 0.717) is 17.1 Å². The van der Waals surface area contributed by atoms with E-state index in [-0.39, 0.29) is 25.9 Å². The van der Waals surface area contributed by atoms with Gasteiger partial charge in [-0.2, -0.15) is 0 Å². The number of carbonyl (C=O) groups is 2. The molecule has 6 nitrogen and oxygen atoms in total. The Labute approximate surface area is 153 Å². The Morgan fingerprint density at radius 2 is 1.96 bits per heavy atom. The number of carbonyl (C=O) groups excluding carboxylic acids is 2. The Kier molecular flexibility index (Phi) is 4.45. The molecule has 0 bridgehead atoms. The lowest BCUT2D eigenvalue weighted by Crippen LogP contribution is -2.30. The minimum Gasteiger partial charge on any atom is -0.459 e. The van der Waals surface area contributed by atoms with E-state index in [1.807, 2.05) is 29.6 Å². The van der Waals surface area contributed by atoms with Gasteiger partial charge in [-0.3, -0.25) is 9.59 Å². The van der Waals surface area contributed by atoms with Crippen LogP contribution in [0, 0.1) is 0 Å². The third kappa shape index (κ3) is 3.34. The van der Waals surface area contributed by atoms with Gasteiger partial charge >= 0.3 is 5.97 Å². The second kappa shape index (κ2) is 7.05. The van der Waals surface area contributed by atoms with Crippen molar-refractivity contribution in [2.24, 2.45) is 0 Å². The van der Waals surface area contributed by atoms with Crippen LogP contribution in [0.4, 0.5) is 0 Å². The first-order valence-electron chi connectivity index (χ1n) is 7.99. The summed E-state index contributed by atoms with van der Waals surface area (Å²) in [7, 11) is 0. The standard InChI is InChI=1S/C19H15NO5S/c21-18(23-9-13-10-26-17-4-2-1-3-14(13)17)8-20-19(22)12-5-6-15-16(7-12)25-11-24-15/h1-7,10H,8-9,11H2,(H,20,22). The molecule has 0 unspecified atom stereocenters. The van der Waals surface area contributed by atoms with E-state index in [4.69, 9.17) is 14.2 Å². The largest absolute Gasteiger partial charge is 0.459 e. The number of rotatable bonds is 5. The lowest BCUT2D eigenvalue weighted by Gasteiger charge is -2.07. The minimum atomic E-state index is -0.491. The molecule has 26 heavy (non-hydrogen) atoms. The molecule has 0 saturated heterocycles. The van der Waals surface area contributed by atoms with Crippen molar-refractivity contribution in [1.82, 2.24) is 5.32 Å². The highest BCUT2D eigenvalue weighted by molar-refractivity contribution is 7.17. The van der Waals surface area contributed by atoms with E-state index in [1.165, 1.54) is 0 Å². The fourth-order valence-corrected chi connectivity index (χ4v) is 3.59. The number of esters is 1. The number of hydrogen-bond donors (Lipinski definition) is 1. The van der Waals surface area contributed by atoms with Gasteiger partial charge < -0.3 is 19.5 Å². The average molecular weight is 369 g/mol. The fourth-order valence-electron chi connectivity index (χ4n) is 2.65. The summed E-state index contributed by atoms with van der Waals surface area (Å²) in [4.78, 5) is 24.1. The molecule has 2 aromatic carbocycles. The maximum Gasteiger partial charge on any atom is 0.325 e. The first kappa shape index (κ1) is 16.4. The summed E-state index contributed by atoms with van der Waals surface area (Å²) >= 11 is 1.61. The van der Waals surface area contributed by atoms with Crippen molar-refractivity contribution in [1.29, 1.82) is 0 Å². The van der Waals surface area contributed by atoms with Gasteiger partial charge in [0.05, 0.1) is 0 Å². The Morgan fingerprint density at radius 1 is 1.12 bits per heavy atom. The monoisotopic (exact) mass is 369 g/mol. The van der Waals surface area contributed by atoms with E-state index >= 15 is 0 Å². The number of nitrogens with one attached hydrogen (secondary N) is 1. The van der Waals surface area contributed by atoms with E-state index < -0.39 is 5.97 Å². The topological polar surface area (TPSA) is 73.9 Å². The quantitative estimate of drug-likeness (QED) is 0.700.